The van der Waals surface area contributed by atoms with E-state index in [-0.39, 0.29) is 29.3 Å². The van der Waals surface area contributed by atoms with Crippen molar-refractivity contribution in [2.24, 2.45) is 5.92 Å². The molecule has 2 aromatic heterocycles. The number of halogens is 1. The number of anilines is 1. The van der Waals surface area contributed by atoms with Crippen LogP contribution >= 0.6 is 0 Å². The minimum absolute atomic E-state index is 0.0604. The molecule has 0 aliphatic heterocycles. The predicted octanol–water partition coefficient (Wildman–Crippen LogP) is 4.44. The predicted molar refractivity (Wildman–Crippen MR) is 123 cm³/mol. The van der Waals surface area contributed by atoms with Crippen LogP contribution in [0.3, 0.4) is 0 Å². The molecule has 4 aromatic rings. The van der Waals surface area contributed by atoms with E-state index in [2.05, 4.69) is 20.6 Å². The Morgan fingerprint density at radius 2 is 1.79 bits per heavy atom. The zero-order valence-corrected chi connectivity index (χ0v) is 17.7. The first-order valence-electron chi connectivity index (χ1n) is 10.7. The lowest BCUT2D eigenvalue weighted by Gasteiger charge is -2.09. The molecule has 0 spiro atoms. The van der Waals surface area contributed by atoms with E-state index in [1.807, 2.05) is 24.3 Å². The van der Waals surface area contributed by atoms with Gasteiger partial charge in [-0.25, -0.2) is 4.39 Å². The second-order valence-corrected chi connectivity index (χ2v) is 8.13. The summed E-state index contributed by atoms with van der Waals surface area (Å²) in [5, 5.41) is 6.70. The Morgan fingerprint density at radius 3 is 2.58 bits per heavy atom. The number of carbonyl (C=O) groups is 2. The zero-order valence-electron chi connectivity index (χ0n) is 17.7. The summed E-state index contributed by atoms with van der Waals surface area (Å²) in [6.45, 7) is 0.404. The highest BCUT2D eigenvalue weighted by molar-refractivity contribution is 5.98. The lowest BCUT2D eigenvalue weighted by Crippen LogP contribution is -2.22. The maximum absolute atomic E-state index is 14.7. The normalized spacial score (nSPS) is 16.9. The van der Waals surface area contributed by atoms with Crippen LogP contribution in [0.25, 0.3) is 10.8 Å². The van der Waals surface area contributed by atoms with Gasteiger partial charge in [0.25, 0.3) is 5.91 Å². The minimum Gasteiger partial charge on any atom is -0.348 e. The van der Waals surface area contributed by atoms with E-state index in [0.717, 1.165) is 11.1 Å². The van der Waals surface area contributed by atoms with Crippen LogP contribution in [0.15, 0.2) is 79.4 Å². The monoisotopic (exact) mass is 440 g/mol. The van der Waals surface area contributed by atoms with Crippen molar-refractivity contribution in [3.05, 3.63) is 102 Å². The van der Waals surface area contributed by atoms with Crippen molar-refractivity contribution in [2.45, 2.75) is 18.9 Å². The average molecular weight is 440 g/mol. The molecule has 6 nitrogen and oxygen atoms in total. The number of hydrogen-bond acceptors (Lipinski definition) is 4. The highest BCUT2D eigenvalue weighted by Gasteiger charge is 2.44. The summed E-state index contributed by atoms with van der Waals surface area (Å²) >= 11 is 0. The van der Waals surface area contributed by atoms with Gasteiger partial charge in [0.2, 0.25) is 5.91 Å². The van der Waals surface area contributed by atoms with Crippen LogP contribution in [-0.2, 0) is 11.3 Å². The molecule has 1 saturated carbocycles. The van der Waals surface area contributed by atoms with Crippen molar-refractivity contribution in [3.63, 3.8) is 0 Å². The van der Waals surface area contributed by atoms with Crippen LogP contribution in [0.2, 0.25) is 0 Å². The first-order valence-corrected chi connectivity index (χ1v) is 10.7. The lowest BCUT2D eigenvalue weighted by atomic mass is 10.1. The summed E-state index contributed by atoms with van der Waals surface area (Å²) < 4.78 is 14.7. The second kappa shape index (κ2) is 8.78. The maximum Gasteiger partial charge on any atom is 0.251 e. The highest BCUT2D eigenvalue weighted by Crippen LogP contribution is 2.48. The first-order chi connectivity index (χ1) is 16.1. The van der Waals surface area contributed by atoms with Crippen LogP contribution in [0, 0.1) is 11.7 Å². The van der Waals surface area contributed by atoms with Gasteiger partial charge in [-0.2, -0.15) is 0 Å². The summed E-state index contributed by atoms with van der Waals surface area (Å²) in [6, 6.07) is 15.9. The van der Waals surface area contributed by atoms with Gasteiger partial charge in [0.1, 0.15) is 0 Å². The van der Waals surface area contributed by atoms with Crippen molar-refractivity contribution >= 4 is 28.3 Å². The van der Waals surface area contributed by atoms with Gasteiger partial charge in [-0.05, 0) is 53.8 Å². The van der Waals surface area contributed by atoms with E-state index in [9.17, 15) is 14.0 Å². The van der Waals surface area contributed by atoms with Crippen molar-refractivity contribution in [1.29, 1.82) is 0 Å². The highest BCUT2D eigenvalue weighted by atomic mass is 19.1. The fourth-order valence-corrected chi connectivity index (χ4v) is 3.97. The molecule has 2 heterocycles. The molecule has 1 aliphatic carbocycles. The number of nitrogens with one attached hydrogen (secondary N) is 2. The Balaban J connectivity index is 1.19. The van der Waals surface area contributed by atoms with Gasteiger partial charge < -0.3 is 10.6 Å². The SMILES string of the molecule is O=C(NCc1cccnc1)c1ccc(C2CC2C(=O)Nc2ccc3cnccc3c2F)cc1. The molecule has 7 heteroatoms. The van der Waals surface area contributed by atoms with Gasteiger partial charge in [-0.3, -0.25) is 19.6 Å². The third-order valence-electron chi connectivity index (χ3n) is 5.92. The van der Waals surface area contributed by atoms with Gasteiger partial charge in [-0.1, -0.05) is 24.3 Å². The molecule has 0 bridgehead atoms. The molecule has 2 N–H and O–H groups in total. The number of rotatable bonds is 6. The molecule has 2 aromatic carbocycles. The second-order valence-electron chi connectivity index (χ2n) is 8.13. The number of aromatic nitrogens is 2. The summed E-state index contributed by atoms with van der Waals surface area (Å²) in [4.78, 5) is 33.1. The van der Waals surface area contributed by atoms with Gasteiger partial charge in [-0.15, -0.1) is 0 Å². The molecule has 0 radical (unpaired) electrons. The Morgan fingerprint density at radius 1 is 0.970 bits per heavy atom. The number of amides is 2. The summed E-state index contributed by atoms with van der Waals surface area (Å²) in [5.74, 6) is -0.988. The van der Waals surface area contributed by atoms with E-state index >= 15 is 0 Å². The Kier molecular flexibility index (Phi) is 5.52. The number of benzene rings is 2. The fourth-order valence-electron chi connectivity index (χ4n) is 3.97. The van der Waals surface area contributed by atoms with E-state index in [1.165, 1.54) is 6.20 Å². The molecule has 5 rings (SSSR count). The average Bonchev–Trinajstić information content (AvgIpc) is 3.66. The van der Waals surface area contributed by atoms with Crippen molar-refractivity contribution in [1.82, 2.24) is 15.3 Å². The molecule has 2 atom stereocenters. The third kappa shape index (κ3) is 4.43. The molecule has 2 amide bonds. The molecule has 0 saturated heterocycles. The van der Waals surface area contributed by atoms with Gasteiger partial charge >= 0.3 is 0 Å². The number of pyridine rings is 2. The summed E-state index contributed by atoms with van der Waals surface area (Å²) in [6.07, 6.45) is 7.20. The topological polar surface area (TPSA) is 84.0 Å². The molecule has 33 heavy (non-hydrogen) atoms. The lowest BCUT2D eigenvalue weighted by molar-refractivity contribution is -0.117. The number of carbonyl (C=O) groups excluding carboxylic acids is 2. The molecular weight excluding hydrogens is 419 g/mol. The first kappa shape index (κ1) is 20.8. The number of nitrogens with zero attached hydrogens (tertiary/aromatic N) is 2. The van der Waals surface area contributed by atoms with E-state index in [1.54, 1.807) is 48.9 Å². The minimum atomic E-state index is -0.456. The van der Waals surface area contributed by atoms with E-state index in [0.29, 0.717) is 29.3 Å². The number of hydrogen-bond donors (Lipinski definition) is 2. The Labute approximate surface area is 189 Å². The largest absolute Gasteiger partial charge is 0.348 e. The fraction of sp³-hybridized carbons (Fsp3) is 0.154. The summed E-state index contributed by atoms with van der Waals surface area (Å²) in [7, 11) is 0. The quantitative estimate of drug-likeness (QED) is 0.464. The van der Waals surface area contributed by atoms with Gasteiger partial charge in [0.05, 0.1) is 5.69 Å². The molecule has 1 fully saturated rings. The van der Waals surface area contributed by atoms with Gasteiger partial charge in [0.15, 0.2) is 5.82 Å². The third-order valence-corrected chi connectivity index (χ3v) is 5.92. The zero-order chi connectivity index (χ0) is 22.8. The van der Waals surface area contributed by atoms with Crippen LogP contribution < -0.4 is 10.6 Å². The van der Waals surface area contributed by atoms with Crippen LogP contribution in [0.4, 0.5) is 10.1 Å². The smallest absolute Gasteiger partial charge is 0.251 e. The molecular formula is C26H21FN4O2. The Bertz CT molecular complexity index is 1330. The van der Waals surface area contributed by atoms with E-state index < -0.39 is 5.82 Å². The van der Waals surface area contributed by atoms with E-state index in [4.69, 9.17) is 0 Å². The Hall–Kier alpha value is -4.13. The maximum atomic E-state index is 14.7. The van der Waals surface area contributed by atoms with Crippen LogP contribution in [0.5, 0.6) is 0 Å². The van der Waals surface area contributed by atoms with Crippen molar-refractivity contribution in [3.8, 4) is 0 Å². The summed E-state index contributed by atoms with van der Waals surface area (Å²) in [5.41, 5.74) is 2.64. The standard InChI is InChI=1S/C26H21FN4O2/c27-24-20-9-11-29-15-19(20)7-8-23(24)31-26(33)22-12-21(22)17-3-5-18(6-4-17)25(32)30-14-16-2-1-10-28-13-16/h1-11,13,15,21-22H,12,14H2,(H,30,32)(H,31,33). The van der Waals surface area contributed by atoms with Gasteiger partial charge in [0, 0.05) is 53.6 Å². The molecule has 1 aliphatic rings. The molecule has 164 valence electrons. The van der Waals surface area contributed by atoms with Crippen molar-refractivity contribution < 1.29 is 14.0 Å². The molecule has 2 unspecified atom stereocenters. The number of fused-ring (bicyclic) bond motifs is 1. The van der Waals surface area contributed by atoms with Crippen molar-refractivity contribution in [2.75, 3.05) is 5.32 Å². The van der Waals surface area contributed by atoms with Crippen LogP contribution in [-0.4, -0.2) is 21.8 Å². The van der Waals surface area contributed by atoms with Crippen LogP contribution in [0.1, 0.15) is 33.8 Å².